The number of nitriles is 1. The first-order valence-electron chi connectivity index (χ1n) is 7.03. The Morgan fingerprint density at radius 2 is 1.87 bits per heavy atom. The summed E-state index contributed by atoms with van der Waals surface area (Å²) in [7, 11) is 0. The minimum atomic E-state index is -1.04. The van der Waals surface area contributed by atoms with Gasteiger partial charge in [-0.1, -0.05) is 23.4 Å². The van der Waals surface area contributed by atoms with Crippen LogP contribution in [0.15, 0.2) is 40.5 Å². The molecule has 1 radical (unpaired) electrons. The maximum atomic E-state index is 12.3. The van der Waals surface area contributed by atoms with E-state index in [1.54, 1.807) is 58.0 Å². The van der Waals surface area contributed by atoms with E-state index in [0.717, 1.165) is 5.06 Å². The third-order valence-corrected chi connectivity index (χ3v) is 3.53. The van der Waals surface area contributed by atoms with E-state index in [0.29, 0.717) is 5.56 Å². The van der Waals surface area contributed by atoms with Gasteiger partial charge in [0.25, 0.3) is 0 Å². The average molecular weight is 313 g/mol. The first-order valence-corrected chi connectivity index (χ1v) is 7.03. The third kappa shape index (κ3) is 3.13. The molecule has 0 spiro atoms. The second-order valence-electron chi connectivity index (χ2n) is 6.10. The van der Waals surface area contributed by atoms with Crippen molar-refractivity contribution in [1.82, 2.24) is 5.06 Å². The normalized spacial score (nSPS) is 19.8. The number of carbonyl (C=O) groups excluding carboxylic acids is 1. The zero-order valence-electron chi connectivity index (χ0n) is 13.4. The summed E-state index contributed by atoms with van der Waals surface area (Å²) in [6.07, 6.45) is 0. The van der Waals surface area contributed by atoms with Crippen LogP contribution in [0.2, 0.25) is 0 Å². The molecule has 0 aliphatic carbocycles. The van der Waals surface area contributed by atoms with Crippen molar-refractivity contribution in [3.8, 4) is 6.07 Å². The molecule has 1 aliphatic heterocycles. The molecule has 1 aromatic carbocycles. The van der Waals surface area contributed by atoms with Gasteiger partial charge in [0.1, 0.15) is 11.7 Å². The van der Waals surface area contributed by atoms with Crippen molar-refractivity contribution in [3.05, 3.63) is 35.9 Å². The summed E-state index contributed by atoms with van der Waals surface area (Å²) >= 11 is 0. The molecule has 0 saturated heterocycles. The Labute approximate surface area is 134 Å². The van der Waals surface area contributed by atoms with E-state index in [1.807, 2.05) is 6.07 Å². The molecule has 0 unspecified atom stereocenters. The zero-order chi connectivity index (χ0) is 17.3. The summed E-state index contributed by atoms with van der Waals surface area (Å²) in [5.74, 6) is -0.687. The number of hydrogen-bond donors (Lipinski definition) is 0. The average Bonchev–Trinajstić information content (AvgIpc) is 2.69. The minimum absolute atomic E-state index is 0.189. The topological polar surface area (TPSA) is 97.9 Å². The van der Waals surface area contributed by atoms with E-state index in [9.17, 15) is 15.3 Å². The first-order chi connectivity index (χ1) is 10.7. The lowest BCUT2D eigenvalue weighted by Crippen LogP contribution is -2.50. The molecule has 7 nitrogen and oxygen atoms in total. The highest BCUT2D eigenvalue weighted by molar-refractivity contribution is 6.51. The lowest BCUT2D eigenvalue weighted by atomic mass is 9.95. The molecule has 0 atom stereocenters. The second kappa shape index (κ2) is 5.91. The van der Waals surface area contributed by atoms with Gasteiger partial charge < -0.3 is 4.84 Å². The van der Waals surface area contributed by atoms with Gasteiger partial charge in [-0.05, 0) is 39.8 Å². The predicted octanol–water partition coefficient (Wildman–Crippen LogP) is 2.34. The Kier molecular flexibility index (Phi) is 4.32. The zero-order valence-corrected chi connectivity index (χ0v) is 13.4. The molecule has 1 heterocycles. The van der Waals surface area contributed by atoms with Crippen LogP contribution in [0, 0.1) is 11.3 Å². The van der Waals surface area contributed by atoms with Gasteiger partial charge in [0, 0.05) is 0 Å². The minimum Gasteiger partial charge on any atom is -0.311 e. The molecular weight excluding hydrogens is 296 g/mol. The molecule has 1 aliphatic rings. The predicted molar refractivity (Wildman–Crippen MR) is 83.0 cm³/mol. The van der Waals surface area contributed by atoms with Crippen molar-refractivity contribution in [1.29, 1.82) is 5.26 Å². The highest BCUT2D eigenvalue weighted by atomic mass is 16.7. The highest BCUT2D eigenvalue weighted by Crippen LogP contribution is 2.33. The molecule has 23 heavy (non-hydrogen) atoms. The van der Waals surface area contributed by atoms with Crippen LogP contribution in [0.4, 0.5) is 0 Å². The molecule has 2 rings (SSSR count). The van der Waals surface area contributed by atoms with Crippen molar-refractivity contribution < 1.29 is 14.8 Å². The van der Waals surface area contributed by atoms with E-state index in [1.165, 1.54) is 0 Å². The molecule has 0 bridgehead atoms. The number of benzene rings is 1. The summed E-state index contributed by atoms with van der Waals surface area (Å²) in [5.41, 5.74) is -1.74. The molecular formula is C16H17N4O3. The van der Waals surface area contributed by atoms with Crippen molar-refractivity contribution in [2.45, 2.75) is 38.9 Å². The quantitative estimate of drug-likeness (QED) is 0.486. The Morgan fingerprint density at radius 1 is 1.26 bits per heavy atom. The van der Waals surface area contributed by atoms with Gasteiger partial charge in [-0.25, -0.2) is 4.79 Å². The van der Waals surface area contributed by atoms with Crippen LogP contribution < -0.4 is 0 Å². The molecule has 0 aromatic heterocycles. The van der Waals surface area contributed by atoms with Crippen LogP contribution in [0.1, 0.15) is 38.1 Å². The van der Waals surface area contributed by atoms with Gasteiger partial charge in [-0.3, -0.25) is 4.99 Å². The van der Waals surface area contributed by atoms with E-state index >= 15 is 0 Å². The monoisotopic (exact) mass is 313 g/mol. The maximum absolute atomic E-state index is 12.3. The Balaban J connectivity index is 2.27. The summed E-state index contributed by atoms with van der Waals surface area (Å²) in [4.78, 5) is 21.0. The number of oxime groups is 1. The second-order valence-corrected chi connectivity index (χ2v) is 6.10. The largest absolute Gasteiger partial charge is 0.365 e. The fourth-order valence-electron chi connectivity index (χ4n) is 2.41. The van der Waals surface area contributed by atoms with Gasteiger partial charge in [0.2, 0.25) is 5.71 Å². The van der Waals surface area contributed by atoms with Crippen molar-refractivity contribution in [2.75, 3.05) is 0 Å². The highest BCUT2D eigenvalue weighted by Gasteiger charge is 2.50. The third-order valence-electron chi connectivity index (χ3n) is 3.53. The molecule has 119 valence electrons. The summed E-state index contributed by atoms with van der Waals surface area (Å²) in [6.45, 7) is 6.55. The number of nitrogens with zero attached hydrogens (tertiary/aromatic N) is 4. The Morgan fingerprint density at radius 3 is 2.35 bits per heavy atom. The van der Waals surface area contributed by atoms with Gasteiger partial charge in [0.15, 0.2) is 0 Å². The molecule has 7 heteroatoms. The molecule has 1 aromatic rings. The number of rotatable bonds is 3. The summed E-state index contributed by atoms with van der Waals surface area (Å²) < 4.78 is 0. The fourth-order valence-corrected chi connectivity index (χ4v) is 2.41. The molecule has 0 fully saturated rings. The van der Waals surface area contributed by atoms with Crippen LogP contribution in [0.3, 0.4) is 0 Å². The number of aliphatic imine (C=N–C) groups is 1. The van der Waals surface area contributed by atoms with Gasteiger partial charge in [0.05, 0.1) is 16.8 Å². The molecule has 0 saturated carbocycles. The van der Waals surface area contributed by atoms with Gasteiger partial charge >= 0.3 is 5.97 Å². The van der Waals surface area contributed by atoms with E-state index in [2.05, 4.69) is 10.1 Å². The Bertz CT molecular complexity index is 715. The first kappa shape index (κ1) is 16.8. The van der Waals surface area contributed by atoms with Crippen molar-refractivity contribution in [2.24, 2.45) is 10.1 Å². The summed E-state index contributed by atoms with van der Waals surface area (Å²) in [5, 5.41) is 26.0. The fraction of sp³-hybridized carbons (Fsp3) is 0.375. The SMILES string of the molecule is CC1(C)N=C(/C(C#N)=N/OC(=O)c2ccccc2)C(C)(C)N1[O]. The van der Waals surface area contributed by atoms with Crippen LogP contribution in [-0.2, 0) is 10.0 Å². The molecule has 0 N–H and O–H groups in total. The van der Waals surface area contributed by atoms with E-state index in [4.69, 9.17) is 4.84 Å². The van der Waals surface area contributed by atoms with Crippen LogP contribution >= 0.6 is 0 Å². The van der Waals surface area contributed by atoms with Crippen LogP contribution in [-0.4, -0.2) is 33.7 Å². The van der Waals surface area contributed by atoms with Gasteiger partial charge in [-0.2, -0.15) is 5.26 Å². The van der Waals surface area contributed by atoms with E-state index < -0.39 is 17.2 Å². The maximum Gasteiger partial charge on any atom is 0.365 e. The van der Waals surface area contributed by atoms with Gasteiger partial charge in [-0.15, -0.1) is 10.3 Å². The summed E-state index contributed by atoms with van der Waals surface area (Å²) in [6, 6.07) is 10.1. The lowest BCUT2D eigenvalue weighted by molar-refractivity contribution is -0.240. The standard InChI is InChI=1S/C16H17N4O3/c1-15(2)13(18-16(3,4)20(15)22)12(10-17)19-23-14(21)11-8-6-5-7-9-11/h5-9H,1-4H3/b19-12+. The van der Waals surface area contributed by atoms with Crippen molar-refractivity contribution in [3.63, 3.8) is 0 Å². The Hall–Kier alpha value is -2.56. The van der Waals surface area contributed by atoms with Crippen LogP contribution in [0.25, 0.3) is 0 Å². The number of carbonyl (C=O) groups is 1. The van der Waals surface area contributed by atoms with Crippen molar-refractivity contribution >= 4 is 17.4 Å². The smallest absolute Gasteiger partial charge is 0.311 e. The lowest BCUT2D eigenvalue weighted by Gasteiger charge is -2.30. The number of hydrogen-bond acceptors (Lipinski definition) is 6. The number of hydroxylamine groups is 2. The molecule has 0 amide bonds. The van der Waals surface area contributed by atoms with Crippen LogP contribution in [0.5, 0.6) is 0 Å². The van der Waals surface area contributed by atoms with E-state index in [-0.39, 0.29) is 11.4 Å².